The number of halogens is 1. The number of carbonyl (C=O) groups is 1. The first-order chi connectivity index (χ1) is 13.3. The molecule has 1 heterocycles. The van der Waals surface area contributed by atoms with Crippen LogP contribution >= 0.6 is 11.6 Å². The Balaban J connectivity index is 1.51. The number of sulfone groups is 1. The number of amides is 1. The Morgan fingerprint density at radius 1 is 1.32 bits per heavy atom. The third-order valence-electron chi connectivity index (χ3n) is 5.92. The number of hydrogen-bond donors (Lipinski definition) is 1. The molecule has 1 aliphatic heterocycles. The summed E-state index contributed by atoms with van der Waals surface area (Å²) in [6, 6.07) is 8.72. The standard InChI is InChI=1S/C19H22ClN3O4S/c20-15-6-1-2-7-16(15)28(25,26)14-10-17(23(11-14)13-4-3-5-13)27-18(24)22-19(12-21)8-9-19/h1-2,6-7,13-14,17H,3-5,8-11H2,(H,22,24)/t14-,17+/m1/s1. The van der Waals surface area contributed by atoms with Crippen molar-refractivity contribution in [1.29, 1.82) is 5.26 Å². The molecule has 0 aromatic heterocycles. The fourth-order valence-corrected chi connectivity index (χ4v) is 6.04. The second kappa shape index (κ2) is 7.21. The van der Waals surface area contributed by atoms with E-state index in [2.05, 4.69) is 11.4 Å². The molecule has 7 nitrogen and oxygen atoms in total. The molecule has 0 bridgehead atoms. The summed E-state index contributed by atoms with van der Waals surface area (Å²) in [6.07, 6.45) is 3.13. The minimum Gasteiger partial charge on any atom is -0.430 e. The predicted octanol–water partition coefficient (Wildman–Crippen LogP) is 2.85. The number of nitrogens with one attached hydrogen (secondary N) is 1. The van der Waals surface area contributed by atoms with Gasteiger partial charge in [0.15, 0.2) is 16.1 Å². The van der Waals surface area contributed by atoms with Gasteiger partial charge in [0, 0.05) is 19.0 Å². The van der Waals surface area contributed by atoms with Crippen molar-refractivity contribution < 1.29 is 17.9 Å². The van der Waals surface area contributed by atoms with Crippen LogP contribution in [0.2, 0.25) is 5.02 Å². The number of rotatable bonds is 5. The van der Waals surface area contributed by atoms with Crippen molar-refractivity contribution in [3.05, 3.63) is 29.3 Å². The highest BCUT2D eigenvalue weighted by atomic mass is 35.5. The van der Waals surface area contributed by atoms with Crippen LogP contribution in [0, 0.1) is 11.3 Å². The molecule has 2 saturated carbocycles. The summed E-state index contributed by atoms with van der Waals surface area (Å²) >= 11 is 6.12. The van der Waals surface area contributed by atoms with Crippen LogP contribution in [0.3, 0.4) is 0 Å². The van der Waals surface area contributed by atoms with Gasteiger partial charge in [-0.05, 0) is 37.8 Å². The molecule has 3 aliphatic rings. The molecule has 4 rings (SSSR count). The molecule has 0 radical (unpaired) electrons. The Hall–Kier alpha value is -1.82. The van der Waals surface area contributed by atoms with Gasteiger partial charge in [-0.25, -0.2) is 13.2 Å². The lowest BCUT2D eigenvalue weighted by atomic mass is 9.92. The van der Waals surface area contributed by atoms with E-state index in [1.165, 1.54) is 6.07 Å². The zero-order chi connectivity index (χ0) is 19.9. The third-order valence-corrected chi connectivity index (χ3v) is 8.55. The van der Waals surface area contributed by atoms with E-state index in [0.29, 0.717) is 19.4 Å². The maximum absolute atomic E-state index is 13.1. The van der Waals surface area contributed by atoms with E-state index in [9.17, 15) is 13.2 Å². The van der Waals surface area contributed by atoms with Gasteiger partial charge in [0.1, 0.15) is 5.54 Å². The van der Waals surface area contributed by atoms with Crippen LogP contribution in [-0.2, 0) is 14.6 Å². The molecule has 0 unspecified atom stereocenters. The molecule has 1 aromatic rings. The molecule has 9 heteroatoms. The van der Waals surface area contributed by atoms with Crippen LogP contribution < -0.4 is 5.32 Å². The molecule has 1 N–H and O–H groups in total. The van der Waals surface area contributed by atoms with Crippen LogP contribution in [-0.4, -0.2) is 49.0 Å². The Morgan fingerprint density at radius 2 is 2.04 bits per heavy atom. The summed E-state index contributed by atoms with van der Waals surface area (Å²) in [6.45, 7) is 0.305. The lowest BCUT2D eigenvalue weighted by Gasteiger charge is -2.37. The molecule has 1 saturated heterocycles. The van der Waals surface area contributed by atoms with Crippen molar-refractivity contribution in [3.63, 3.8) is 0 Å². The van der Waals surface area contributed by atoms with Crippen molar-refractivity contribution in [2.24, 2.45) is 0 Å². The second-order valence-electron chi connectivity index (χ2n) is 7.79. The van der Waals surface area contributed by atoms with Gasteiger partial charge < -0.3 is 10.1 Å². The zero-order valence-corrected chi connectivity index (χ0v) is 16.9. The van der Waals surface area contributed by atoms with Crippen LogP contribution in [0.4, 0.5) is 4.79 Å². The molecule has 28 heavy (non-hydrogen) atoms. The van der Waals surface area contributed by atoms with E-state index < -0.39 is 32.9 Å². The molecule has 150 valence electrons. The average Bonchev–Trinajstić information content (AvgIpc) is 3.26. The molecule has 1 amide bonds. The summed E-state index contributed by atoms with van der Waals surface area (Å²) in [7, 11) is -3.65. The van der Waals surface area contributed by atoms with Crippen LogP contribution in [0.5, 0.6) is 0 Å². The van der Waals surface area contributed by atoms with E-state index >= 15 is 0 Å². The maximum Gasteiger partial charge on any atom is 0.409 e. The number of ether oxygens (including phenoxy) is 1. The van der Waals surface area contributed by atoms with Gasteiger partial charge >= 0.3 is 6.09 Å². The van der Waals surface area contributed by atoms with Crippen molar-refractivity contribution in [2.75, 3.05) is 6.54 Å². The Kier molecular flexibility index (Phi) is 5.02. The van der Waals surface area contributed by atoms with E-state index in [0.717, 1.165) is 19.3 Å². The van der Waals surface area contributed by atoms with E-state index in [4.69, 9.17) is 21.6 Å². The first-order valence-corrected chi connectivity index (χ1v) is 11.4. The highest BCUT2D eigenvalue weighted by molar-refractivity contribution is 7.92. The molecule has 0 spiro atoms. The highest BCUT2D eigenvalue weighted by Crippen LogP contribution is 2.38. The zero-order valence-electron chi connectivity index (χ0n) is 15.3. The summed E-state index contributed by atoms with van der Waals surface area (Å²) in [4.78, 5) is 14.4. The van der Waals surface area contributed by atoms with Crippen LogP contribution in [0.15, 0.2) is 29.2 Å². The quantitative estimate of drug-likeness (QED) is 0.781. The van der Waals surface area contributed by atoms with Gasteiger partial charge in [-0.3, -0.25) is 4.90 Å². The number of carbonyl (C=O) groups excluding carboxylic acids is 1. The van der Waals surface area contributed by atoms with Gasteiger partial charge in [-0.2, -0.15) is 5.26 Å². The van der Waals surface area contributed by atoms with Gasteiger partial charge in [0.2, 0.25) is 0 Å². The molecule has 3 fully saturated rings. The number of nitriles is 1. The Labute approximate surface area is 169 Å². The summed E-state index contributed by atoms with van der Waals surface area (Å²) in [5.41, 5.74) is -0.819. The number of alkyl carbamates (subject to hydrolysis) is 1. The van der Waals surface area contributed by atoms with Gasteiger partial charge in [-0.1, -0.05) is 30.2 Å². The SMILES string of the molecule is N#CC1(NC(=O)O[C@H]2C[C@@H](S(=O)(=O)c3ccccc3Cl)CN2C2CCC2)CC1. The molecular weight excluding hydrogens is 402 g/mol. The van der Waals surface area contributed by atoms with Gasteiger partial charge in [0.25, 0.3) is 0 Å². The molecule has 2 aliphatic carbocycles. The van der Waals surface area contributed by atoms with Crippen molar-refractivity contribution >= 4 is 27.5 Å². The second-order valence-corrected chi connectivity index (χ2v) is 10.4. The Bertz CT molecular complexity index is 921. The molecular formula is C19H22ClN3O4S. The van der Waals surface area contributed by atoms with Crippen molar-refractivity contribution in [2.45, 2.75) is 66.5 Å². The van der Waals surface area contributed by atoms with Crippen molar-refractivity contribution in [3.8, 4) is 6.07 Å². The van der Waals surface area contributed by atoms with Gasteiger partial charge in [-0.15, -0.1) is 0 Å². The fraction of sp³-hybridized carbons (Fsp3) is 0.579. The van der Waals surface area contributed by atoms with Crippen LogP contribution in [0.1, 0.15) is 38.5 Å². The topological polar surface area (TPSA) is 99.5 Å². The number of nitrogens with zero attached hydrogens (tertiary/aromatic N) is 2. The maximum atomic E-state index is 13.1. The van der Waals surface area contributed by atoms with E-state index in [1.807, 2.05) is 4.90 Å². The normalized spacial score (nSPS) is 26.9. The number of hydrogen-bond acceptors (Lipinski definition) is 6. The van der Waals surface area contributed by atoms with E-state index in [-0.39, 0.29) is 22.4 Å². The highest BCUT2D eigenvalue weighted by Gasteiger charge is 2.48. The number of benzene rings is 1. The summed E-state index contributed by atoms with van der Waals surface area (Å²) in [5, 5.41) is 11.2. The molecule has 2 atom stereocenters. The first kappa shape index (κ1) is 19.5. The van der Waals surface area contributed by atoms with Gasteiger partial charge in [0.05, 0.1) is 21.2 Å². The Morgan fingerprint density at radius 3 is 2.61 bits per heavy atom. The van der Waals surface area contributed by atoms with Crippen molar-refractivity contribution in [1.82, 2.24) is 10.2 Å². The first-order valence-electron chi connectivity index (χ1n) is 9.49. The largest absolute Gasteiger partial charge is 0.430 e. The van der Waals surface area contributed by atoms with Crippen LogP contribution in [0.25, 0.3) is 0 Å². The average molecular weight is 424 g/mol. The number of likely N-dealkylation sites (tertiary alicyclic amines) is 1. The molecule has 1 aromatic carbocycles. The van der Waals surface area contributed by atoms with E-state index in [1.54, 1.807) is 18.2 Å². The monoisotopic (exact) mass is 423 g/mol. The smallest absolute Gasteiger partial charge is 0.409 e. The third kappa shape index (κ3) is 3.59. The minimum atomic E-state index is -3.65. The summed E-state index contributed by atoms with van der Waals surface area (Å²) in [5.74, 6) is 0. The predicted molar refractivity (Wildman–Crippen MR) is 102 cm³/mol. The summed E-state index contributed by atoms with van der Waals surface area (Å²) < 4.78 is 31.8. The lowest BCUT2D eigenvalue weighted by Crippen LogP contribution is -2.47. The minimum absolute atomic E-state index is 0.113. The fourth-order valence-electron chi connectivity index (χ4n) is 3.82. The lowest BCUT2D eigenvalue weighted by molar-refractivity contribution is -0.0279.